The first-order valence-corrected chi connectivity index (χ1v) is 6.43. The predicted molar refractivity (Wildman–Crippen MR) is 66.5 cm³/mol. The van der Waals surface area contributed by atoms with Crippen LogP contribution in [0.25, 0.3) is 0 Å². The highest BCUT2D eigenvalue weighted by atomic mass is 16.3. The second-order valence-electron chi connectivity index (χ2n) is 4.40. The molecule has 1 N–H and O–H groups in total. The molecule has 0 aromatic carbocycles. The third kappa shape index (κ3) is 3.63. The quantitative estimate of drug-likeness (QED) is 0.773. The van der Waals surface area contributed by atoms with E-state index in [0.29, 0.717) is 12.5 Å². The first-order valence-electron chi connectivity index (χ1n) is 6.43. The smallest absolute Gasteiger partial charge is 0.0650 e. The van der Waals surface area contributed by atoms with Crippen molar-refractivity contribution in [1.82, 2.24) is 9.78 Å². The van der Waals surface area contributed by atoms with Gasteiger partial charge in [0.15, 0.2) is 0 Å². The van der Waals surface area contributed by atoms with E-state index in [1.165, 1.54) is 0 Å². The molecule has 0 bridgehead atoms. The molecular weight excluding hydrogens is 200 g/mol. The standard InChI is InChI=1S/C13H24N2O/c1-4-7-13(16)10-11-8-9-15(14-11)12(5-2)6-3/h8-9,12-13,16H,4-7,10H2,1-3H3. The molecular formula is C13H24N2O. The first-order chi connectivity index (χ1) is 7.71. The number of nitrogens with zero attached hydrogens (tertiary/aromatic N) is 2. The van der Waals surface area contributed by atoms with Crippen molar-refractivity contribution in [3.63, 3.8) is 0 Å². The highest BCUT2D eigenvalue weighted by Crippen LogP contribution is 2.15. The summed E-state index contributed by atoms with van der Waals surface area (Å²) in [5, 5.41) is 14.2. The molecule has 0 aliphatic heterocycles. The van der Waals surface area contributed by atoms with Gasteiger partial charge in [0.05, 0.1) is 17.8 Å². The highest BCUT2D eigenvalue weighted by Gasteiger charge is 2.10. The minimum Gasteiger partial charge on any atom is -0.393 e. The molecule has 92 valence electrons. The molecule has 16 heavy (non-hydrogen) atoms. The summed E-state index contributed by atoms with van der Waals surface area (Å²) in [6.07, 6.45) is 6.57. The summed E-state index contributed by atoms with van der Waals surface area (Å²) in [5.41, 5.74) is 1.01. The molecule has 1 atom stereocenters. The molecule has 0 spiro atoms. The second kappa shape index (κ2) is 6.69. The van der Waals surface area contributed by atoms with Gasteiger partial charge in [-0.25, -0.2) is 0 Å². The number of aromatic nitrogens is 2. The van der Waals surface area contributed by atoms with E-state index < -0.39 is 0 Å². The van der Waals surface area contributed by atoms with E-state index in [4.69, 9.17) is 0 Å². The summed E-state index contributed by atoms with van der Waals surface area (Å²) in [7, 11) is 0. The SMILES string of the molecule is CCCC(O)Cc1ccn(C(CC)CC)n1. The molecule has 1 aromatic rings. The molecule has 0 fully saturated rings. The van der Waals surface area contributed by atoms with Crippen LogP contribution in [0.3, 0.4) is 0 Å². The minimum absolute atomic E-state index is 0.241. The molecule has 1 aromatic heterocycles. The van der Waals surface area contributed by atoms with Crippen LogP contribution in [0, 0.1) is 0 Å². The van der Waals surface area contributed by atoms with Crippen molar-refractivity contribution in [3.8, 4) is 0 Å². The predicted octanol–water partition coefficient (Wildman–Crippen LogP) is 2.95. The van der Waals surface area contributed by atoms with Crippen LogP contribution in [-0.4, -0.2) is 21.0 Å². The Kier molecular flexibility index (Phi) is 5.53. The van der Waals surface area contributed by atoms with Crippen LogP contribution in [0.2, 0.25) is 0 Å². The van der Waals surface area contributed by atoms with Crippen molar-refractivity contribution in [3.05, 3.63) is 18.0 Å². The molecule has 1 rings (SSSR count). The van der Waals surface area contributed by atoms with Crippen LogP contribution >= 0.6 is 0 Å². The van der Waals surface area contributed by atoms with Gasteiger partial charge in [-0.15, -0.1) is 0 Å². The zero-order valence-electron chi connectivity index (χ0n) is 10.7. The van der Waals surface area contributed by atoms with Crippen LogP contribution < -0.4 is 0 Å². The number of hydrogen-bond acceptors (Lipinski definition) is 2. The lowest BCUT2D eigenvalue weighted by Crippen LogP contribution is -2.12. The average molecular weight is 224 g/mol. The van der Waals surface area contributed by atoms with Crippen LogP contribution in [0.5, 0.6) is 0 Å². The Balaban J connectivity index is 2.57. The topological polar surface area (TPSA) is 38.0 Å². The molecule has 0 saturated carbocycles. The van der Waals surface area contributed by atoms with Crippen molar-refractivity contribution < 1.29 is 5.11 Å². The Morgan fingerprint density at radius 2 is 2.00 bits per heavy atom. The van der Waals surface area contributed by atoms with E-state index in [1.807, 2.05) is 16.9 Å². The van der Waals surface area contributed by atoms with Crippen LogP contribution in [-0.2, 0) is 6.42 Å². The van der Waals surface area contributed by atoms with Gasteiger partial charge in [0.1, 0.15) is 0 Å². The molecule has 0 saturated heterocycles. The third-order valence-corrected chi connectivity index (χ3v) is 3.05. The molecule has 1 unspecified atom stereocenters. The van der Waals surface area contributed by atoms with Crippen LogP contribution in [0.15, 0.2) is 12.3 Å². The van der Waals surface area contributed by atoms with Gasteiger partial charge in [0.25, 0.3) is 0 Å². The van der Waals surface area contributed by atoms with Crippen molar-refractivity contribution in [1.29, 1.82) is 0 Å². The molecule has 3 nitrogen and oxygen atoms in total. The maximum Gasteiger partial charge on any atom is 0.0650 e. The van der Waals surface area contributed by atoms with E-state index >= 15 is 0 Å². The van der Waals surface area contributed by atoms with Crippen LogP contribution in [0.4, 0.5) is 0 Å². The number of hydrogen-bond donors (Lipinski definition) is 1. The number of aliphatic hydroxyl groups excluding tert-OH is 1. The lowest BCUT2D eigenvalue weighted by Gasteiger charge is -2.12. The molecule has 1 heterocycles. The zero-order chi connectivity index (χ0) is 12.0. The van der Waals surface area contributed by atoms with Crippen molar-refractivity contribution in [2.75, 3.05) is 0 Å². The van der Waals surface area contributed by atoms with Gasteiger partial charge in [-0.3, -0.25) is 4.68 Å². The van der Waals surface area contributed by atoms with E-state index in [-0.39, 0.29) is 6.10 Å². The zero-order valence-corrected chi connectivity index (χ0v) is 10.7. The van der Waals surface area contributed by atoms with Gasteiger partial charge < -0.3 is 5.11 Å². The van der Waals surface area contributed by atoms with E-state index in [2.05, 4.69) is 25.9 Å². The first kappa shape index (κ1) is 13.2. The van der Waals surface area contributed by atoms with E-state index in [0.717, 1.165) is 31.4 Å². The van der Waals surface area contributed by atoms with Gasteiger partial charge in [0, 0.05) is 12.6 Å². The Hall–Kier alpha value is -0.830. The van der Waals surface area contributed by atoms with Crippen molar-refractivity contribution >= 4 is 0 Å². The maximum absolute atomic E-state index is 9.72. The van der Waals surface area contributed by atoms with Gasteiger partial charge in [-0.2, -0.15) is 5.10 Å². The summed E-state index contributed by atoms with van der Waals surface area (Å²) < 4.78 is 2.04. The Labute approximate surface area is 98.5 Å². The Bertz CT molecular complexity index is 292. The van der Waals surface area contributed by atoms with Gasteiger partial charge in [-0.1, -0.05) is 27.2 Å². The third-order valence-electron chi connectivity index (χ3n) is 3.05. The lowest BCUT2D eigenvalue weighted by molar-refractivity contribution is 0.162. The summed E-state index contributed by atoms with van der Waals surface area (Å²) in [6, 6.07) is 2.52. The second-order valence-corrected chi connectivity index (χ2v) is 4.40. The van der Waals surface area contributed by atoms with Crippen LogP contribution in [0.1, 0.15) is 58.2 Å². The van der Waals surface area contributed by atoms with E-state index in [9.17, 15) is 5.11 Å². The molecule has 0 amide bonds. The summed E-state index contributed by atoms with van der Waals surface area (Å²) in [5.74, 6) is 0. The molecule has 3 heteroatoms. The Morgan fingerprint density at radius 3 is 2.56 bits per heavy atom. The number of rotatable bonds is 7. The van der Waals surface area contributed by atoms with Gasteiger partial charge >= 0.3 is 0 Å². The largest absolute Gasteiger partial charge is 0.393 e. The summed E-state index contributed by atoms with van der Waals surface area (Å²) in [6.45, 7) is 6.45. The monoisotopic (exact) mass is 224 g/mol. The number of aliphatic hydroxyl groups is 1. The Morgan fingerprint density at radius 1 is 1.31 bits per heavy atom. The van der Waals surface area contributed by atoms with Crippen molar-refractivity contribution in [2.24, 2.45) is 0 Å². The fourth-order valence-corrected chi connectivity index (χ4v) is 2.03. The normalized spacial score (nSPS) is 13.3. The lowest BCUT2D eigenvalue weighted by atomic mass is 10.1. The fraction of sp³-hybridized carbons (Fsp3) is 0.769. The summed E-state index contributed by atoms with van der Waals surface area (Å²) >= 11 is 0. The molecule has 0 aliphatic rings. The minimum atomic E-state index is -0.241. The highest BCUT2D eigenvalue weighted by molar-refractivity contribution is 5.01. The summed E-state index contributed by atoms with van der Waals surface area (Å²) in [4.78, 5) is 0. The maximum atomic E-state index is 9.72. The van der Waals surface area contributed by atoms with Crippen molar-refractivity contribution in [2.45, 2.75) is 65.0 Å². The average Bonchev–Trinajstić information content (AvgIpc) is 2.68. The molecule has 0 aliphatic carbocycles. The molecule has 0 radical (unpaired) electrons. The van der Waals surface area contributed by atoms with Gasteiger partial charge in [-0.05, 0) is 25.3 Å². The fourth-order valence-electron chi connectivity index (χ4n) is 2.03. The van der Waals surface area contributed by atoms with E-state index in [1.54, 1.807) is 0 Å². The van der Waals surface area contributed by atoms with Gasteiger partial charge in [0.2, 0.25) is 0 Å².